The maximum atomic E-state index is 11.9. The van der Waals surface area contributed by atoms with Crippen LogP contribution in [0.15, 0.2) is 36.5 Å². The molecule has 1 aromatic heterocycles. The first-order valence-corrected chi connectivity index (χ1v) is 6.09. The number of nitrogens with zero attached hydrogens (tertiary/aromatic N) is 2. The van der Waals surface area contributed by atoms with E-state index in [1.807, 2.05) is 30.3 Å². The molecule has 0 saturated carbocycles. The Bertz CT molecular complexity index is 669. The fourth-order valence-corrected chi connectivity index (χ4v) is 2.34. The van der Waals surface area contributed by atoms with E-state index in [2.05, 4.69) is 4.98 Å². The summed E-state index contributed by atoms with van der Waals surface area (Å²) in [5.74, 6) is -0.378. The van der Waals surface area contributed by atoms with E-state index in [1.54, 1.807) is 6.20 Å². The summed E-state index contributed by atoms with van der Waals surface area (Å²) >= 11 is 0. The summed E-state index contributed by atoms with van der Waals surface area (Å²) in [5.41, 5.74) is 5.25. The van der Waals surface area contributed by atoms with E-state index in [0.29, 0.717) is 12.4 Å². The Hall–Kier alpha value is -2.43. The first-order valence-electron chi connectivity index (χ1n) is 6.09. The van der Waals surface area contributed by atoms with Crippen LogP contribution in [0, 0.1) is 5.92 Å². The molecule has 19 heavy (non-hydrogen) atoms. The predicted molar refractivity (Wildman–Crippen MR) is 71.4 cm³/mol. The summed E-state index contributed by atoms with van der Waals surface area (Å²) in [7, 11) is 0. The monoisotopic (exact) mass is 255 g/mol. The van der Waals surface area contributed by atoms with Gasteiger partial charge in [0, 0.05) is 24.5 Å². The van der Waals surface area contributed by atoms with E-state index in [9.17, 15) is 9.59 Å². The smallest absolute Gasteiger partial charge is 0.229 e. The maximum Gasteiger partial charge on any atom is 0.229 e. The molecule has 1 aliphatic rings. The zero-order chi connectivity index (χ0) is 13.4. The van der Waals surface area contributed by atoms with E-state index in [0.717, 1.165) is 10.8 Å². The Kier molecular flexibility index (Phi) is 2.67. The van der Waals surface area contributed by atoms with Crippen LogP contribution in [0.5, 0.6) is 0 Å². The topological polar surface area (TPSA) is 76.3 Å². The van der Waals surface area contributed by atoms with Crippen molar-refractivity contribution in [3.8, 4) is 0 Å². The Morgan fingerprint density at radius 3 is 2.74 bits per heavy atom. The average Bonchev–Trinajstić information content (AvgIpc) is 2.80. The summed E-state index contributed by atoms with van der Waals surface area (Å²) in [5, 5.41) is 2.03. The SMILES string of the molecule is NC(=O)C1CC(=O)N(c2cc3ccccc3cn2)C1. The van der Waals surface area contributed by atoms with Gasteiger partial charge in [-0.2, -0.15) is 0 Å². The fourth-order valence-electron chi connectivity index (χ4n) is 2.34. The second-order valence-corrected chi connectivity index (χ2v) is 4.70. The Balaban J connectivity index is 1.96. The third kappa shape index (κ3) is 2.03. The van der Waals surface area contributed by atoms with Crippen LogP contribution in [-0.4, -0.2) is 23.3 Å². The van der Waals surface area contributed by atoms with E-state index in [-0.39, 0.29) is 12.3 Å². The number of fused-ring (bicyclic) bond motifs is 1. The maximum absolute atomic E-state index is 11.9. The van der Waals surface area contributed by atoms with Gasteiger partial charge in [0.1, 0.15) is 5.82 Å². The molecular weight excluding hydrogens is 242 g/mol. The lowest BCUT2D eigenvalue weighted by Gasteiger charge is -2.15. The highest BCUT2D eigenvalue weighted by atomic mass is 16.2. The average molecular weight is 255 g/mol. The molecule has 5 nitrogen and oxygen atoms in total. The van der Waals surface area contributed by atoms with Crippen LogP contribution >= 0.6 is 0 Å². The lowest BCUT2D eigenvalue weighted by Crippen LogP contribution is -2.28. The summed E-state index contributed by atoms with van der Waals surface area (Å²) in [4.78, 5) is 28.9. The normalized spacial score (nSPS) is 19.1. The number of carbonyl (C=O) groups is 2. The minimum Gasteiger partial charge on any atom is -0.369 e. The van der Waals surface area contributed by atoms with Gasteiger partial charge in [-0.3, -0.25) is 14.5 Å². The number of nitrogens with two attached hydrogens (primary N) is 1. The molecule has 0 aliphatic carbocycles. The molecule has 5 heteroatoms. The zero-order valence-electron chi connectivity index (χ0n) is 10.2. The van der Waals surface area contributed by atoms with Crippen molar-refractivity contribution in [2.75, 3.05) is 11.4 Å². The van der Waals surface area contributed by atoms with Crippen molar-refractivity contribution in [1.82, 2.24) is 4.98 Å². The van der Waals surface area contributed by atoms with Crippen molar-refractivity contribution < 1.29 is 9.59 Å². The molecule has 2 heterocycles. The highest BCUT2D eigenvalue weighted by molar-refractivity contribution is 6.00. The molecule has 2 amide bonds. The summed E-state index contributed by atoms with van der Waals surface area (Å²) in [6, 6.07) is 9.66. The molecule has 96 valence electrons. The number of hydrogen-bond acceptors (Lipinski definition) is 3. The molecule has 1 saturated heterocycles. The van der Waals surface area contributed by atoms with Crippen LogP contribution in [-0.2, 0) is 9.59 Å². The summed E-state index contributed by atoms with van der Waals surface area (Å²) in [6.45, 7) is 0.319. The van der Waals surface area contributed by atoms with Gasteiger partial charge in [-0.25, -0.2) is 4.98 Å². The number of anilines is 1. The van der Waals surface area contributed by atoms with Crippen LogP contribution in [0.4, 0.5) is 5.82 Å². The fraction of sp³-hybridized carbons (Fsp3) is 0.214. The number of hydrogen-bond donors (Lipinski definition) is 1. The van der Waals surface area contributed by atoms with Crippen LogP contribution in [0.2, 0.25) is 0 Å². The van der Waals surface area contributed by atoms with Gasteiger partial charge in [-0.15, -0.1) is 0 Å². The number of primary amides is 1. The largest absolute Gasteiger partial charge is 0.369 e. The number of aromatic nitrogens is 1. The number of benzene rings is 1. The van der Waals surface area contributed by atoms with Crippen molar-refractivity contribution in [3.05, 3.63) is 36.5 Å². The van der Waals surface area contributed by atoms with E-state index < -0.39 is 11.8 Å². The quantitative estimate of drug-likeness (QED) is 0.872. The Labute approximate surface area is 110 Å². The second-order valence-electron chi connectivity index (χ2n) is 4.70. The number of rotatable bonds is 2. The zero-order valence-corrected chi connectivity index (χ0v) is 10.2. The molecule has 2 N–H and O–H groups in total. The van der Waals surface area contributed by atoms with Crippen molar-refractivity contribution in [1.29, 1.82) is 0 Å². The minimum absolute atomic E-state index is 0.105. The minimum atomic E-state index is -0.434. The van der Waals surface area contributed by atoms with Crippen LogP contribution in [0.25, 0.3) is 10.8 Å². The highest BCUT2D eigenvalue weighted by Crippen LogP contribution is 2.25. The van der Waals surface area contributed by atoms with Gasteiger partial charge in [0.15, 0.2) is 0 Å². The van der Waals surface area contributed by atoms with E-state index >= 15 is 0 Å². The van der Waals surface area contributed by atoms with Gasteiger partial charge in [-0.1, -0.05) is 24.3 Å². The van der Waals surface area contributed by atoms with Gasteiger partial charge >= 0.3 is 0 Å². The number of carbonyl (C=O) groups excluding carboxylic acids is 2. The van der Waals surface area contributed by atoms with Gasteiger partial charge in [0.25, 0.3) is 0 Å². The van der Waals surface area contributed by atoms with Crippen molar-refractivity contribution in [2.24, 2.45) is 11.7 Å². The molecule has 1 atom stereocenters. The first kappa shape index (κ1) is 11.6. The molecule has 0 radical (unpaired) electrons. The standard InChI is InChI=1S/C14H13N3O2/c15-14(19)11-6-13(18)17(8-11)12-5-9-3-1-2-4-10(9)7-16-12/h1-5,7,11H,6,8H2,(H2,15,19). The molecule has 0 bridgehead atoms. The summed E-state index contributed by atoms with van der Waals surface area (Å²) < 4.78 is 0. The first-order chi connectivity index (χ1) is 9.15. The van der Waals surface area contributed by atoms with Gasteiger partial charge in [0.2, 0.25) is 11.8 Å². The van der Waals surface area contributed by atoms with Crippen molar-refractivity contribution in [2.45, 2.75) is 6.42 Å². The van der Waals surface area contributed by atoms with Gasteiger partial charge in [-0.05, 0) is 11.5 Å². The molecule has 0 spiro atoms. The third-order valence-corrected chi connectivity index (χ3v) is 3.42. The lowest BCUT2D eigenvalue weighted by atomic mass is 10.1. The second kappa shape index (κ2) is 4.35. The van der Waals surface area contributed by atoms with Crippen LogP contribution in [0.1, 0.15) is 6.42 Å². The molecule has 2 aromatic rings. The lowest BCUT2D eigenvalue weighted by molar-refractivity contribution is -0.123. The third-order valence-electron chi connectivity index (χ3n) is 3.42. The van der Waals surface area contributed by atoms with Gasteiger partial charge < -0.3 is 5.73 Å². The highest BCUT2D eigenvalue weighted by Gasteiger charge is 2.34. The van der Waals surface area contributed by atoms with Crippen LogP contribution < -0.4 is 10.6 Å². The Morgan fingerprint density at radius 2 is 2.05 bits per heavy atom. The molecule has 1 aromatic carbocycles. The van der Waals surface area contributed by atoms with Crippen LogP contribution in [0.3, 0.4) is 0 Å². The van der Waals surface area contributed by atoms with Gasteiger partial charge in [0.05, 0.1) is 5.92 Å². The van der Waals surface area contributed by atoms with Crippen molar-refractivity contribution >= 4 is 28.4 Å². The van der Waals surface area contributed by atoms with Crippen molar-refractivity contribution in [3.63, 3.8) is 0 Å². The molecule has 1 unspecified atom stereocenters. The number of pyridine rings is 1. The predicted octanol–water partition coefficient (Wildman–Crippen LogP) is 1.07. The van der Waals surface area contributed by atoms with E-state index in [4.69, 9.17) is 5.73 Å². The molecular formula is C14H13N3O2. The number of amides is 2. The molecule has 3 rings (SSSR count). The molecule has 1 aliphatic heterocycles. The Morgan fingerprint density at radius 1 is 1.32 bits per heavy atom. The van der Waals surface area contributed by atoms with E-state index in [1.165, 1.54) is 4.90 Å². The molecule has 1 fully saturated rings. The summed E-state index contributed by atoms with van der Waals surface area (Å²) in [6.07, 6.45) is 1.90.